The SMILES string of the molecule is COc1ccc(C(=O)N/N=C\c2cn(Cc3ccccc3Cl)c3ccccc23)c(O)c1. The Kier molecular flexibility index (Phi) is 5.91. The summed E-state index contributed by atoms with van der Waals surface area (Å²) in [4.78, 5) is 12.4. The van der Waals surface area contributed by atoms with Crippen LogP contribution in [0.5, 0.6) is 11.5 Å². The number of hydrogen-bond donors (Lipinski definition) is 2. The predicted molar refractivity (Wildman–Crippen MR) is 122 cm³/mol. The zero-order chi connectivity index (χ0) is 21.8. The number of carbonyl (C=O) groups excluding carboxylic acids is 1. The van der Waals surface area contributed by atoms with Gasteiger partial charge in [-0.25, -0.2) is 5.43 Å². The molecular weight excluding hydrogens is 414 g/mol. The Balaban J connectivity index is 1.57. The quantitative estimate of drug-likeness (QED) is 0.338. The smallest absolute Gasteiger partial charge is 0.275 e. The molecule has 0 unspecified atom stereocenters. The van der Waals surface area contributed by atoms with E-state index in [0.717, 1.165) is 22.0 Å². The van der Waals surface area contributed by atoms with Gasteiger partial charge < -0.3 is 14.4 Å². The molecule has 1 aromatic heterocycles. The second-order valence-electron chi connectivity index (χ2n) is 6.90. The fourth-order valence-electron chi connectivity index (χ4n) is 3.37. The van der Waals surface area contributed by atoms with Crippen molar-refractivity contribution in [2.24, 2.45) is 5.10 Å². The Labute approximate surface area is 184 Å². The standard InChI is InChI=1S/C24H20ClN3O3/c1-31-18-10-11-20(23(29)12-18)24(30)27-26-13-17-15-28(22-9-5-3-7-19(17)22)14-16-6-2-4-8-21(16)25/h2-13,15,29H,14H2,1H3,(H,27,30)/b26-13-. The summed E-state index contributed by atoms with van der Waals surface area (Å²) in [6.45, 7) is 0.611. The minimum absolute atomic E-state index is 0.110. The van der Waals surface area contributed by atoms with Crippen LogP contribution in [0.15, 0.2) is 78.0 Å². The number of fused-ring (bicyclic) bond motifs is 1. The molecule has 0 aliphatic carbocycles. The zero-order valence-corrected chi connectivity index (χ0v) is 17.5. The minimum atomic E-state index is -0.517. The van der Waals surface area contributed by atoms with Crippen molar-refractivity contribution in [3.8, 4) is 11.5 Å². The summed E-state index contributed by atoms with van der Waals surface area (Å²) < 4.78 is 7.12. The van der Waals surface area contributed by atoms with Crippen LogP contribution >= 0.6 is 11.6 Å². The number of aromatic nitrogens is 1. The molecule has 0 atom stereocenters. The van der Waals surface area contributed by atoms with Gasteiger partial charge >= 0.3 is 0 Å². The first-order valence-electron chi connectivity index (χ1n) is 9.58. The van der Waals surface area contributed by atoms with Gasteiger partial charge in [-0.1, -0.05) is 48.0 Å². The molecule has 6 nitrogen and oxygen atoms in total. The topological polar surface area (TPSA) is 75.8 Å². The fraction of sp³-hybridized carbons (Fsp3) is 0.0833. The van der Waals surface area contributed by atoms with E-state index >= 15 is 0 Å². The van der Waals surface area contributed by atoms with Gasteiger partial charge in [0.05, 0.1) is 18.9 Å². The summed E-state index contributed by atoms with van der Waals surface area (Å²) >= 11 is 6.33. The van der Waals surface area contributed by atoms with Crippen molar-refractivity contribution in [1.29, 1.82) is 0 Å². The van der Waals surface area contributed by atoms with Crippen molar-refractivity contribution < 1.29 is 14.6 Å². The lowest BCUT2D eigenvalue weighted by molar-refractivity contribution is 0.0952. The molecule has 0 saturated carbocycles. The second-order valence-corrected chi connectivity index (χ2v) is 7.31. The molecule has 0 aliphatic heterocycles. The Morgan fingerprint density at radius 2 is 1.94 bits per heavy atom. The molecule has 4 aromatic rings. The first-order valence-corrected chi connectivity index (χ1v) is 9.96. The summed E-state index contributed by atoms with van der Waals surface area (Å²) in [5, 5.41) is 15.8. The number of hydrazone groups is 1. The third-order valence-corrected chi connectivity index (χ3v) is 5.31. The van der Waals surface area contributed by atoms with E-state index in [0.29, 0.717) is 17.3 Å². The number of carbonyl (C=O) groups is 1. The number of para-hydroxylation sites is 1. The maximum Gasteiger partial charge on any atom is 0.275 e. The first-order chi connectivity index (χ1) is 15.1. The largest absolute Gasteiger partial charge is 0.507 e. The van der Waals surface area contributed by atoms with E-state index in [-0.39, 0.29) is 11.3 Å². The molecule has 0 spiro atoms. The van der Waals surface area contributed by atoms with Gasteiger partial charge in [0, 0.05) is 40.3 Å². The summed E-state index contributed by atoms with van der Waals surface area (Å²) in [5.74, 6) is -0.233. The van der Waals surface area contributed by atoms with Crippen molar-refractivity contribution in [2.45, 2.75) is 6.54 Å². The highest BCUT2D eigenvalue weighted by molar-refractivity contribution is 6.31. The molecule has 0 radical (unpaired) electrons. The van der Waals surface area contributed by atoms with Gasteiger partial charge in [-0.2, -0.15) is 5.10 Å². The summed E-state index contributed by atoms with van der Waals surface area (Å²) in [5.41, 5.74) is 5.46. The lowest BCUT2D eigenvalue weighted by atomic mass is 10.2. The van der Waals surface area contributed by atoms with E-state index in [1.54, 1.807) is 12.3 Å². The van der Waals surface area contributed by atoms with Gasteiger partial charge in [-0.15, -0.1) is 0 Å². The van der Waals surface area contributed by atoms with Gasteiger partial charge in [-0.3, -0.25) is 4.79 Å². The van der Waals surface area contributed by atoms with E-state index in [4.69, 9.17) is 16.3 Å². The van der Waals surface area contributed by atoms with Crippen molar-refractivity contribution >= 4 is 34.6 Å². The highest BCUT2D eigenvalue weighted by Crippen LogP contribution is 2.24. The van der Waals surface area contributed by atoms with Crippen LogP contribution in [-0.4, -0.2) is 28.9 Å². The van der Waals surface area contributed by atoms with Gasteiger partial charge in [-0.05, 0) is 29.8 Å². The number of ether oxygens (including phenoxy) is 1. The summed E-state index contributed by atoms with van der Waals surface area (Å²) in [6.07, 6.45) is 3.55. The number of benzene rings is 3. The van der Waals surface area contributed by atoms with Crippen molar-refractivity contribution in [3.05, 3.63) is 94.6 Å². The van der Waals surface area contributed by atoms with E-state index in [1.165, 1.54) is 19.2 Å². The van der Waals surface area contributed by atoms with Crippen LogP contribution in [0.25, 0.3) is 10.9 Å². The number of amides is 1. The van der Waals surface area contributed by atoms with Crippen LogP contribution in [0.3, 0.4) is 0 Å². The Morgan fingerprint density at radius 3 is 2.71 bits per heavy atom. The van der Waals surface area contributed by atoms with E-state index in [2.05, 4.69) is 15.1 Å². The number of halogens is 1. The molecule has 0 aliphatic rings. The third-order valence-electron chi connectivity index (χ3n) is 4.94. The van der Waals surface area contributed by atoms with Crippen LogP contribution in [0.4, 0.5) is 0 Å². The van der Waals surface area contributed by atoms with Gasteiger partial charge in [0.1, 0.15) is 11.5 Å². The van der Waals surface area contributed by atoms with E-state index < -0.39 is 5.91 Å². The van der Waals surface area contributed by atoms with Crippen LogP contribution < -0.4 is 10.2 Å². The Morgan fingerprint density at radius 1 is 1.16 bits per heavy atom. The molecule has 0 saturated heterocycles. The number of nitrogens with one attached hydrogen (secondary N) is 1. The van der Waals surface area contributed by atoms with Crippen LogP contribution in [0, 0.1) is 0 Å². The molecule has 0 fully saturated rings. The average molecular weight is 434 g/mol. The normalized spacial score (nSPS) is 11.2. The Bertz CT molecular complexity index is 1280. The molecule has 1 heterocycles. The van der Waals surface area contributed by atoms with Crippen LogP contribution in [0.1, 0.15) is 21.5 Å². The fourth-order valence-corrected chi connectivity index (χ4v) is 3.57. The van der Waals surface area contributed by atoms with Crippen LogP contribution in [0.2, 0.25) is 5.02 Å². The summed E-state index contributed by atoms with van der Waals surface area (Å²) in [7, 11) is 1.49. The number of nitrogens with zero attached hydrogens (tertiary/aromatic N) is 2. The zero-order valence-electron chi connectivity index (χ0n) is 16.7. The number of hydrogen-bond acceptors (Lipinski definition) is 4. The summed E-state index contributed by atoms with van der Waals surface area (Å²) in [6, 6.07) is 20.1. The lowest BCUT2D eigenvalue weighted by Gasteiger charge is -2.07. The first kappa shape index (κ1) is 20.5. The number of rotatable bonds is 6. The van der Waals surface area contributed by atoms with Gasteiger partial charge in [0.15, 0.2) is 0 Å². The van der Waals surface area contributed by atoms with Gasteiger partial charge in [0.25, 0.3) is 5.91 Å². The molecular formula is C24H20ClN3O3. The third kappa shape index (κ3) is 4.39. The average Bonchev–Trinajstić information content (AvgIpc) is 3.12. The number of aromatic hydroxyl groups is 1. The van der Waals surface area contributed by atoms with Crippen LogP contribution in [-0.2, 0) is 6.54 Å². The molecule has 0 bridgehead atoms. The molecule has 4 rings (SSSR count). The number of phenols is 1. The molecule has 31 heavy (non-hydrogen) atoms. The second kappa shape index (κ2) is 8.93. The van der Waals surface area contributed by atoms with Crippen molar-refractivity contribution in [3.63, 3.8) is 0 Å². The molecule has 7 heteroatoms. The van der Waals surface area contributed by atoms with Crippen molar-refractivity contribution in [2.75, 3.05) is 7.11 Å². The van der Waals surface area contributed by atoms with E-state index in [9.17, 15) is 9.90 Å². The lowest BCUT2D eigenvalue weighted by Crippen LogP contribution is -2.17. The number of methoxy groups -OCH3 is 1. The maximum atomic E-state index is 12.4. The minimum Gasteiger partial charge on any atom is -0.507 e. The maximum absolute atomic E-state index is 12.4. The van der Waals surface area contributed by atoms with Gasteiger partial charge in [0.2, 0.25) is 0 Å². The number of phenolic OH excluding ortho intramolecular Hbond substituents is 1. The van der Waals surface area contributed by atoms with Crippen molar-refractivity contribution in [1.82, 2.24) is 9.99 Å². The highest BCUT2D eigenvalue weighted by atomic mass is 35.5. The predicted octanol–water partition coefficient (Wildman–Crippen LogP) is 4.82. The molecule has 2 N–H and O–H groups in total. The molecule has 156 valence electrons. The highest BCUT2D eigenvalue weighted by Gasteiger charge is 2.12. The molecule has 1 amide bonds. The van der Waals surface area contributed by atoms with E-state index in [1.807, 2.05) is 54.7 Å². The molecule has 3 aromatic carbocycles. The monoisotopic (exact) mass is 433 g/mol. The Hall–Kier alpha value is -3.77.